The van der Waals surface area contributed by atoms with Crippen molar-refractivity contribution in [3.8, 4) is 0 Å². The van der Waals surface area contributed by atoms with Crippen LogP contribution in [0.2, 0.25) is 0 Å². The fourth-order valence-electron chi connectivity index (χ4n) is 1.71. The number of aromatic amines is 1. The van der Waals surface area contributed by atoms with Gasteiger partial charge in [0, 0.05) is 17.6 Å². The Hall–Kier alpha value is -2.83. The minimum absolute atomic E-state index is 0.166. The van der Waals surface area contributed by atoms with Crippen LogP contribution < -0.4 is 11.1 Å². The zero-order chi connectivity index (χ0) is 14.7. The van der Waals surface area contributed by atoms with Crippen molar-refractivity contribution in [1.29, 1.82) is 0 Å². The van der Waals surface area contributed by atoms with Crippen LogP contribution in [0.25, 0.3) is 0 Å². The molecule has 0 bridgehead atoms. The van der Waals surface area contributed by atoms with Crippen LogP contribution in [-0.4, -0.2) is 29.0 Å². The molecule has 0 aromatic carbocycles. The van der Waals surface area contributed by atoms with Crippen LogP contribution in [0, 0.1) is 6.92 Å². The molecule has 2 aromatic rings. The Morgan fingerprint density at radius 2 is 2.15 bits per heavy atom. The molecule has 1 amide bonds. The number of aromatic nitrogens is 2. The normalized spacial score (nSPS) is 10.1. The van der Waals surface area contributed by atoms with E-state index in [-0.39, 0.29) is 11.4 Å². The molecule has 7 heteroatoms. The van der Waals surface area contributed by atoms with Crippen molar-refractivity contribution in [2.75, 3.05) is 18.2 Å². The predicted octanol–water partition coefficient (Wildman–Crippen LogP) is 1.34. The second kappa shape index (κ2) is 5.43. The van der Waals surface area contributed by atoms with E-state index in [1.54, 1.807) is 19.1 Å². The molecule has 4 N–H and O–H groups in total. The van der Waals surface area contributed by atoms with Crippen LogP contribution in [0.15, 0.2) is 24.4 Å². The lowest BCUT2D eigenvalue weighted by atomic mass is 10.3. The molecule has 2 aromatic heterocycles. The van der Waals surface area contributed by atoms with Crippen molar-refractivity contribution in [2.24, 2.45) is 0 Å². The number of carbonyl (C=O) groups excluding carboxylic acids is 2. The Bertz CT molecular complexity index is 663. The van der Waals surface area contributed by atoms with Gasteiger partial charge in [0.15, 0.2) is 0 Å². The molecule has 0 atom stereocenters. The van der Waals surface area contributed by atoms with Gasteiger partial charge in [-0.15, -0.1) is 0 Å². The number of nitrogens with zero attached hydrogens (tertiary/aromatic N) is 1. The largest absolute Gasteiger partial charge is 0.464 e. The predicted molar refractivity (Wildman–Crippen MR) is 73.5 cm³/mol. The summed E-state index contributed by atoms with van der Waals surface area (Å²) in [5, 5.41) is 2.60. The lowest BCUT2D eigenvalue weighted by Gasteiger charge is -2.05. The number of hydrogen-bond acceptors (Lipinski definition) is 5. The van der Waals surface area contributed by atoms with Gasteiger partial charge in [0.1, 0.15) is 11.4 Å². The monoisotopic (exact) mass is 274 g/mol. The summed E-state index contributed by atoms with van der Waals surface area (Å²) < 4.78 is 4.64. The van der Waals surface area contributed by atoms with Gasteiger partial charge in [0.05, 0.1) is 12.8 Å². The molecule has 0 saturated heterocycles. The van der Waals surface area contributed by atoms with E-state index in [4.69, 9.17) is 5.73 Å². The molecule has 20 heavy (non-hydrogen) atoms. The second-order valence-electron chi connectivity index (χ2n) is 4.16. The summed E-state index contributed by atoms with van der Waals surface area (Å²) >= 11 is 0. The third kappa shape index (κ3) is 2.77. The number of H-pyrrole nitrogens is 1. The third-order valence-electron chi connectivity index (χ3n) is 2.61. The highest BCUT2D eigenvalue weighted by Crippen LogP contribution is 2.18. The van der Waals surface area contributed by atoms with Crippen LogP contribution in [0.4, 0.5) is 11.4 Å². The Morgan fingerprint density at radius 3 is 2.80 bits per heavy atom. The number of nitrogen functional groups attached to an aromatic ring is 1. The van der Waals surface area contributed by atoms with E-state index in [0.29, 0.717) is 11.4 Å². The summed E-state index contributed by atoms with van der Waals surface area (Å²) in [5.41, 5.74) is 7.44. The van der Waals surface area contributed by atoms with Gasteiger partial charge in [-0.1, -0.05) is 0 Å². The second-order valence-corrected chi connectivity index (χ2v) is 4.16. The first kappa shape index (κ1) is 13.6. The molecule has 0 radical (unpaired) electrons. The van der Waals surface area contributed by atoms with Crippen molar-refractivity contribution in [1.82, 2.24) is 9.97 Å². The molecule has 2 rings (SSSR count). The smallest absolute Gasteiger partial charge is 0.356 e. The van der Waals surface area contributed by atoms with Crippen molar-refractivity contribution in [2.45, 2.75) is 6.92 Å². The first-order valence-electron chi connectivity index (χ1n) is 5.82. The lowest BCUT2D eigenvalue weighted by Crippen LogP contribution is -2.16. The van der Waals surface area contributed by atoms with Gasteiger partial charge in [-0.3, -0.25) is 9.78 Å². The van der Waals surface area contributed by atoms with E-state index in [1.165, 1.54) is 19.4 Å². The molecule has 0 fully saturated rings. The van der Waals surface area contributed by atoms with Crippen LogP contribution in [-0.2, 0) is 4.74 Å². The number of rotatable bonds is 3. The molecule has 2 heterocycles. The SMILES string of the molecule is COC(=O)c1[nH]c(C)cc1NC(=O)c1cc(N)ccn1. The highest BCUT2D eigenvalue weighted by Gasteiger charge is 2.18. The third-order valence-corrected chi connectivity index (χ3v) is 2.61. The Kier molecular flexibility index (Phi) is 3.69. The maximum absolute atomic E-state index is 12.0. The van der Waals surface area contributed by atoms with Crippen LogP contribution in [0.5, 0.6) is 0 Å². The first-order valence-corrected chi connectivity index (χ1v) is 5.82. The Morgan fingerprint density at radius 1 is 1.40 bits per heavy atom. The molecule has 0 spiro atoms. The highest BCUT2D eigenvalue weighted by atomic mass is 16.5. The molecule has 0 aliphatic rings. The van der Waals surface area contributed by atoms with E-state index < -0.39 is 11.9 Å². The minimum Gasteiger partial charge on any atom is -0.464 e. The number of hydrogen-bond donors (Lipinski definition) is 3. The van der Waals surface area contributed by atoms with Crippen LogP contribution in [0.3, 0.4) is 0 Å². The van der Waals surface area contributed by atoms with Crippen LogP contribution in [0.1, 0.15) is 26.7 Å². The molecule has 7 nitrogen and oxygen atoms in total. The molecular formula is C13H14N4O3. The summed E-state index contributed by atoms with van der Waals surface area (Å²) in [6.07, 6.45) is 1.44. The topological polar surface area (TPSA) is 110 Å². The number of ether oxygens (including phenoxy) is 1. The van der Waals surface area contributed by atoms with Gasteiger partial charge in [-0.25, -0.2) is 4.79 Å². The van der Waals surface area contributed by atoms with Gasteiger partial charge >= 0.3 is 5.97 Å². The number of anilines is 2. The summed E-state index contributed by atoms with van der Waals surface area (Å²) in [7, 11) is 1.27. The number of amides is 1. The van der Waals surface area contributed by atoms with Crippen LogP contribution >= 0.6 is 0 Å². The summed E-state index contributed by atoms with van der Waals surface area (Å²) in [6, 6.07) is 4.67. The molecule has 0 saturated carbocycles. The average Bonchev–Trinajstić information content (AvgIpc) is 2.78. The van der Waals surface area contributed by atoms with Gasteiger partial charge in [-0.2, -0.15) is 0 Å². The van der Waals surface area contributed by atoms with E-state index in [0.717, 1.165) is 5.69 Å². The number of methoxy groups -OCH3 is 1. The molecule has 0 aliphatic carbocycles. The fourth-order valence-corrected chi connectivity index (χ4v) is 1.71. The Labute approximate surface area is 115 Å². The lowest BCUT2D eigenvalue weighted by molar-refractivity contribution is 0.0596. The molecule has 104 valence electrons. The average molecular weight is 274 g/mol. The van der Waals surface area contributed by atoms with E-state index in [2.05, 4.69) is 20.0 Å². The number of nitrogens with two attached hydrogens (primary N) is 1. The highest BCUT2D eigenvalue weighted by molar-refractivity contribution is 6.06. The van der Waals surface area contributed by atoms with Crippen molar-refractivity contribution in [3.05, 3.63) is 41.5 Å². The van der Waals surface area contributed by atoms with E-state index in [1.807, 2.05) is 0 Å². The fraction of sp³-hybridized carbons (Fsp3) is 0.154. The quantitative estimate of drug-likeness (QED) is 0.731. The first-order chi connectivity index (χ1) is 9.51. The van der Waals surface area contributed by atoms with Gasteiger partial charge in [0.2, 0.25) is 0 Å². The minimum atomic E-state index is -0.561. The zero-order valence-corrected chi connectivity index (χ0v) is 11.1. The van der Waals surface area contributed by atoms with E-state index in [9.17, 15) is 9.59 Å². The number of pyridine rings is 1. The molecule has 0 unspecified atom stereocenters. The maximum atomic E-state index is 12.0. The number of aryl methyl sites for hydroxylation is 1. The zero-order valence-electron chi connectivity index (χ0n) is 11.1. The molecular weight excluding hydrogens is 260 g/mol. The van der Waals surface area contributed by atoms with Crippen molar-refractivity contribution in [3.63, 3.8) is 0 Å². The van der Waals surface area contributed by atoms with Crippen molar-refractivity contribution >= 4 is 23.3 Å². The summed E-state index contributed by atoms with van der Waals surface area (Å²) in [5.74, 6) is -1.02. The number of carbonyl (C=O) groups is 2. The van der Waals surface area contributed by atoms with E-state index >= 15 is 0 Å². The number of esters is 1. The standard InChI is InChI=1S/C13H14N4O3/c1-7-5-9(11(16-7)13(19)20-2)17-12(18)10-6-8(14)3-4-15-10/h3-6,16H,1-2H3,(H2,14,15)(H,17,18). The summed E-state index contributed by atoms with van der Waals surface area (Å²) in [4.78, 5) is 30.4. The van der Waals surface area contributed by atoms with Crippen molar-refractivity contribution < 1.29 is 14.3 Å². The molecule has 0 aliphatic heterocycles. The maximum Gasteiger partial charge on any atom is 0.356 e. The van der Waals surface area contributed by atoms with Gasteiger partial charge in [-0.05, 0) is 25.1 Å². The van der Waals surface area contributed by atoms with Gasteiger partial charge in [0.25, 0.3) is 5.91 Å². The number of nitrogens with one attached hydrogen (secondary N) is 2. The Balaban J connectivity index is 2.26. The van der Waals surface area contributed by atoms with Gasteiger partial charge < -0.3 is 20.8 Å². The summed E-state index contributed by atoms with van der Waals surface area (Å²) in [6.45, 7) is 1.76.